The molecule has 24 heavy (non-hydrogen) atoms. The standard InChI is InChI=1S/C18H21N5O/c1-3-5-9-23(10-7-19)18(24)16-11-13(12-22-16)15-6-8-21-17(20)14(15)4-2/h4,6,8,11-12,22H,2-3,5,9-10H2,1H3,(H2,20,21). The summed E-state index contributed by atoms with van der Waals surface area (Å²) in [6, 6.07) is 5.64. The third-order valence-corrected chi connectivity index (χ3v) is 3.78. The van der Waals surface area contributed by atoms with Crippen LogP contribution in [0.2, 0.25) is 0 Å². The molecule has 2 aromatic rings. The first kappa shape index (κ1) is 17.3. The van der Waals surface area contributed by atoms with Crippen LogP contribution in [-0.4, -0.2) is 33.9 Å². The van der Waals surface area contributed by atoms with E-state index in [9.17, 15) is 4.79 Å². The van der Waals surface area contributed by atoms with E-state index < -0.39 is 0 Å². The van der Waals surface area contributed by atoms with Gasteiger partial charge in [0.15, 0.2) is 0 Å². The van der Waals surface area contributed by atoms with Crippen molar-refractivity contribution in [3.8, 4) is 17.2 Å². The Kier molecular flexibility index (Phi) is 5.74. The minimum atomic E-state index is -0.182. The second-order valence-electron chi connectivity index (χ2n) is 5.40. The summed E-state index contributed by atoms with van der Waals surface area (Å²) in [5.74, 6) is 0.212. The van der Waals surface area contributed by atoms with Gasteiger partial charge in [0, 0.05) is 30.1 Å². The third kappa shape index (κ3) is 3.63. The van der Waals surface area contributed by atoms with Crippen LogP contribution in [0.1, 0.15) is 35.8 Å². The van der Waals surface area contributed by atoms with E-state index in [2.05, 4.69) is 16.5 Å². The number of anilines is 1. The Hall–Kier alpha value is -3.07. The lowest BCUT2D eigenvalue weighted by molar-refractivity contribution is 0.0769. The van der Waals surface area contributed by atoms with Gasteiger partial charge in [-0.3, -0.25) is 4.79 Å². The molecular formula is C18H21N5O. The highest BCUT2D eigenvalue weighted by atomic mass is 16.2. The zero-order valence-electron chi connectivity index (χ0n) is 13.7. The van der Waals surface area contributed by atoms with Crippen LogP contribution in [0.15, 0.2) is 31.1 Å². The van der Waals surface area contributed by atoms with E-state index in [4.69, 9.17) is 11.0 Å². The van der Waals surface area contributed by atoms with Crippen LogP contribution >= 0.6 is 0 Å². The fourth-order valence-corrected chi connectivity index (χ4v) is 2.49. The summed E-state index contributed by atoms with van der Waals surface area (Å²) < 4.78 is 0. The number of pyridine rings is 1. The first-order valence-electron chi connectivity index (χ1n) is 7.84. The van der Waals surface area contributed by atoms with E-state index in [0.29, 0.717) is 18.1 Å². The van der Waals surface area contributed by atoms with Gasteiger partial charge in [0.05, 0.1) is 6.07 Å². The molecule has 0 unspecified atom stereocenters. The molecule has 2 aromatic heterocycles. The third-order valence-electron chi connectivity index (χ3n) is 3.78. The van der Waals surface area contributed by atoms with Gasteiger partial charge in [-0.1, -0.05) is 26.0 Å². The van der Waals surface area contributed by atoms with Crippen molar-refractivity contribution in [3.05, 3.63) is 42.4 Å². The SMILES string of the molecule is C=Cc1c(-c2c[nH]c(C(=O)N(CC#N)CCCC)c2)ccnc1N. The second kappa shape index (κ2) is 7.97. The molecule has 3 N–H and O–H groups in total. The average Bonchev–Trinajstić information content (AvgIpc) is 3.07. The molecule has 0 saturated heterocycles. The zero-order valence-corrected chi connectivity index (χ0v) is 13.7. The molecule has 0 radical (unpaired) electrons. The van der Waals surface area contributed by atoms with E-state index in [1.165, 1.54) is 0 Å². The number of nitrogens with zero attached hydrogens (tertiary/aromatic N) is 3. The van der Waals surface area contributed by atoms with E-state index in [1.807, 2.05) is 19.1 Å². The first-order chi connectivity index (χ1) is 11.6. The number of rotatable bonds is 7. The number of aromatic amines is 1. The summed E-state index contributed by atoms with van der Waals surface area (Å²) in [4.78, 5) is 21.2. The zero-order chi connectivity index (χ0) is 17.5. The smallest absolute Gasteiger partial charge is 0.271 e. The molecule has 0 aliphatic heterocycles. The lowest BCUT2D eigenvalue weighted by Crippen LogP contribution is -2.32. The van der Waals surface area contributed by atoms with Crippen molar-refractivity contribution in [2.75, 3.05) is 18.8 Å². The number of nitrogen functional groups attached to an aromatic ring is 1. The lowest BCUT2D eigenvalue weighted by atomic mass is 10.0. The van der Waals surface area contributed by atoms with Gasteiger partial charge in [-0.05, 0) is 24.1 Å². The average molecular weight is 323 g/mol. The van der Waals surface area contributed by atoms with Crippen molar-refractivity contribution in [2.24, 2.45) is 0 Å². The van der Waals surface area contributed by atoms with E-state index in [-0.39, 0.29) is 12.5 Å². The second-order valence-corrected chi connectivity index (χ2v) is 5.40. The Labute approximate surface area is 141 Å². The molecular weight excluding hydrogens is 302 g/mol. The first-order valence-corrected chi connectivity index (χ1v) is 7.84. The quantitative estimate of drug-likeness (QED) is 0.765. The van der Waals surface area contributed by atoms with E-state index in [0.717, 1.165) is 29.5 Å². The molecule has 0 saturated carbocycles. The maximum atomic E-state index is 12.6. The number of nitrogens with one attached hydrogen (secondary N) is 1. The number of nitrogens with two attached hydrogens (primary N) is 1. The fraction of sp³-hybridized carbons (Fsp3) is 0.278. The predicted octanol–water partition coefficient (Wildman–Crippen LogP) is 3.07. The van der Waals surface area contributed by atoms with Gasteiger partial charge >= 0.3 is 0 Å². The predicted molar refractivity (Wildman–Crippen MR) is 95.0 cm³/mol. The van der Waals surface area contributed by atoms with Crippen molar-refractivity contribution in [2.45, 2.75) is 19.8 Å². The van der Waals surface area contributed by atoms with Gasteiger partial charge < -0.3 is 15.6 Å². The molecule has 6 heteroatoms. The number of hydrogen-bond acceptors (Lipinski definition) is 4. The Balaban J connectivity index is 2.30. The normalized spacial score (nSPS) is 10.2. The summed E-state index contributed by atoms with van der Waals surface area (Å²) in [7, 11) is 0. The van der Waals surface area contributed by atoms with Gasteiger partial charge in [0.2, 0.25) is 0 Å². The Bertz CT molecular complexity index is 772. The molecule has 2 heterocycles. The van der Waals surface area contributed by atoms with Crippen molar-refractivity contribution in [1.82, 2.24) is 14.9 Å². The largest absolute Gasteiger partial charge is 0.383 e. The molecule has 0 atom stereocenters. The van der Waals surface area contributed by atoms with Crippen molar-refractivity contribution in [1.29, 1.82) is 5.26 Å². The molecule has 0 bridgehead atoms. The highest BCUT2D eigenvalue weighted by molar-refractivity contribution is 5.94. The Morgan fingerprint density at radius 3 is 3.04 bits per heavy atom. The van der Waals surface area contributed by atoms with E-state index in [1.54, 1.807) is 29.4 Å². The fourth-order valence-electron chi connectivity index (χ4n) is 2.49. The molecule has 0 aliphatic rings. The highest BCUT2D eigenvalue weighted by Gasteiger charge is 2.18. The Morgan fingerprint density at radius 2 is 2.38 bits per heavy atom. The number of amides is 1. The number of unbranched alkanes of at least 4 members (excludes halogenated alkanes) is 1. The number of H-pyrrole nitrogens is 1. The van der Waals surface area contributed by atoms with Crippen molar-refractivity contribution >= 4 is 17.8 Å². The summed E-state index contributed by atoms with van der Waals surface area (Å²) in [5.41, 5.74) is 8.74. The van der Waals surface area contributed by atoms with Crippen LogP contribution in [0.4, 0.5) is 5.82 Å². The van der Waals surface area contributed by atoms with Crippen molar-refractivity contribution in [3.63, 3.8) is 0 Å². The van der Waals surface area contributed by atoms with Gasteiger partial charge in [-0.25, -0.2) is 4.98 Å². The van der Waals surface area contributed by atoms with Crippen molar-refractivity contribution < 1.29 is 4.79 Å². The van der Waals surface area contributed by atoms with Crippen LogP contribution < -0.4 is 5.73 Å². The number of nitriles is 1. The summed E-state index contributed by atoms with van der Waals surface area (Å²) >= 11 is 0. The van der Waals surface area contributed by atoms with Crippen LogP contribution in [0.25, 0.3) is 17.2 Å². The van der Waals surface area contributed by atoms with Gasteiger partial charge in [0.25, 0.3) is 5.91 Å². The minimum Gasteiger partial charge on any atom is -0.383 e. The Morgan fingerprint density at radius 1 is 1.58 bits per heavy atom. The van der Waals surface area contributed by atoms with Gasteiger partial charge in [0.1, 0.15) is 18.1 Å². The van der Waals surface area contributed by atoms with Gasteiger partial charge in [-0.15, -0.1) is 0 Å². The lowest BCUT2D eigenvalue weighted by Gasteiger charge is -2.18. The summed E-state index contributed by atoms with van der Waals surface area (Å²) in [5, 5.41) is 8.93. The molecule has 1 amide bonds. The molecule has 0 spiro atoms. The number of carbonyl (C=O) groups is 1. The minimum absolute atomic E-state index is 0.0767. The number of carbonyl (C=O) groups excluding carboxylic acids is 1. The molecule has 2 rings (SSSR count). The van der Waals surface area contributed by atoms with Gasteiger partial charge in [-0.2, -0.15) is 5.26 Å². The van der Waals surface area contributed by atoms with Crippen LogP contribution in [0.5, 0.6) is 0 Å². The molecule has 0 aromatic carbocycles. The van der Waals surface area contributed by atoms with Crippen LogP contribution in [0, 0.1) is 11.3 Å². The van der Waals surface area contributed by atoms with Crippen LogP contribution in [-0.2, 0) is 0 Å². The monoisotopic (exact) mass is 323 g/mol. The number of hydrogen-bond donors (Lipinski definition) is 2. The molecule has 6 nitrogen and oxygen atoms in total. The van der Waals surface area contributed by atoms with E-state index >= 15 is 0 Å². The number of aromatic nitrogens is 2. The topological polar surface area (TPSA) is 98.8 Å². The molecule has 0 aliphatic carbocycles. The maximum Gasteiger partial charge on any atom is 0.271 e. The maximum absolute atomic E-state index is 12.6. The molecule has 124 valence electrons. The molecule has 0 fully saturated rings. The summed E-state index contributed by atoms with van der Waals surface area (Å²) in [6.07, 6.45) is 6.84. The highest BCUT2D eigenvalue weighted by Crippen LogP contribution is 2.28. The summed E-state index contributed by atoms with van der Waals surface area (Å²) in [6.45, 7) is 6.46. The van der Waals surface area contributed by atoms with Crippen LogP contribution in [0.3, 0.4) is 0 Å².